The van der Waals surface area contributed by atoms with Gasteiger partial charge in [-0.3, -0.25) is 0 Å². The Bertz CT molecular complexity index is 385. The van der Waals surface area contributed by atoms with Crippen LogP contribution in [0.4, 0.5) is 0 Å². The number of hydrogen-bond donors (Lipinski definition) is 0. The Morgan fingerprint density at radius 3 is 2.39 bits per heavy atom. The standard InChI is InChI=1S/C22H36O/c1-4-5-6-7-12-15-18-21(2)19-16-13-10-8-9-11-14-17-20-22(3)23/h9-13,15-16,19,21H,4-8,14,17-18,20H2,1-3H3/b11-9-,13-10-,15-12-,19-16+/t21-/m0/s1. The number of carbonyl (C=O) groups is 1. The van der Waals surface area contributed by atoms with E-state index in [1.807, 2.05) is 0 Å². The molecule has 0 bridgehead atoms. The van der Waals surface area contributed by atoms with Crippen LogP contribution >= 0.6 is 0 Å². The number of rotatable bonds is 14. The zero-order valence-electron chi connectivity index (χ0n) is 15.5. The first-order valence-corrected chi connectivity index (χ1v) is 9.29. The minimum atomic E-state index is 0.286. The van der Waals surface area contributed by atoms with Gasteiger partial charge in [-0.15, -0.1) is 0 Å². The first-order chi connectivity index (χ1) is 11.2. The summed E-state index contributed by atoms with van der Waals surface area (Å²) >= 11 is 0. The monoisotopic (exact) mass is 316 g/mol. The van der Waals surface area contributed by atoms with Crippen LogP contribution in [0.2, 0.25) is 0 Å². The maximum Gasteiger partial charge on any atom is 0.129 e. The number of ketones is 1. The van der Waals surface area contributed by atoms with E-state index in [2.05, 4.69) is 62.5 Å². The number of allylic oxidation sites excluding steroid dienone is 8. The summed E-state index contributed by atoms with van der Waals surface area (Å²) in [5, 5.41) is 0. The smallest absolute Gasteiger partial charge is 0.129 e. The van der Waals surface area contributed by atoms with Gasteiger partial charge in [-0.1, -0.05) is 75.3 Å². The highest BCUT2D eigenvalue weighted by atomic mass is 16.1. The first-order valence-electron chi connectivity index (χ1n) is 9.29. The molecule has 0 spiro atoms. The van der Waals surface area contributed by atoms with Crippen LogP contribution in [0.3, 0.4) is 0 Å². The van der Waals surface area contributed by atoms with Crippen molar-refractivity contribution >= 4 is 5.78 Å². The summed E-state index contributed by atoms with van der Waals surface area (Å²) in [6.45, 7) is 6.16. The van der Waals surface area contributed by atoms with Crippen LogP contribution in [0.25, 0.3) is 0 Å². The molecule has 0 rings (SSSR count). The van der Waals surface area contributed by atoms with E-state index in [1.165, 1.54) is 25.7 Å². The Kier molecular flexibility index (Phi) is 16.0. The summed E-state index contributed by atoms with van der Waals surface area (Å²) in [5.41, 5.74) is 0. The van der Waals surface area contributed by atoms with E-state index < -0.39 is 0 Å². The molecule has 0 heterocycles. The minimum absolute atomic E-state index is 0.286. The van der Waals surface area contributed by atoms with Gasteiger partial charge in [-0.2, -0.15) is 0 Å². The van der Waals surface area contributed by atoms with E-state index in [0.717, 1.165) is 25.7 Å². The molecule has 0 N–H and O–H groups in total. The first kappa shape index (κ1) is 21.6. The lowest BCUT2D eigenvalue weighted by Crippen LogP contribution is -1.87. The highest BCUT2D eigenvalue weighted by molar-refractivity contribution is 5.75. The SMILES string of the molecule is CCCCC/C=C\C[C@H](C)/C=C/C=C\C/C=C\CCCC(C)=O. The van der Waals surface area contributed by atoms with Gasteiger partial charge in [0.05, 0.1) is 0 Å². The zero-order chi connectivity index (χ0) is 17.2. The second-order valence-electron chi connectivity index (χ2n) is 6.29. The fourth-order valence-electron chi connectivity index (χ4n) is 2.19. The van der Waals surface area contributed by atoms with Gasteiger partial charge in [0.2, 0.25) is 0 Å². The number of hydrogen-bond acceptors (Lipinski definition) is 1. The Balaban J connectivity index is 3.62. The second-order valence-corrected chi connectivity index (χ2v) is 6.29. The third-order valence-corrected chi connectivity index (χ3v) is 3.67. The molecule has 23 heavy (non-hydrogen) atoms. The normalized spacial score (nSPS) is 13.9. The highest BCUT2D eigenvalue weighted by Gasteiger charge is 1.91. The summed E-state index contributed by atoms with van der Waals surface area (Å²) < 4.78 is 0. The van der Waals surface area contributed by atoms with Crippen LogP contribution in [0.15, 0.2) is 48.6 Å². The van der Waals surface area contributed by atoms with Gasteiger partial charge in [0, 0.05) is 6.42 Å². The molecule has 0 saturated heterocycles. The molecule has 1 atom stereocenters. The topological polar surface area (TPSA) is 17.1 Å². The predicted molar refractivity (Wildman–Crippen MR) is 104 cm³/mol. The third-order valence-electron chi connectivity index (χ3n) is 3.67. The van der Waals surface area contributed by atoms with E-state index in [9.17, 15) is 4.79 Å². The molecule has 0 radical (unpaired) electrons. The molecule has 0 saturated carbocycles. The molecule has 130 valence electrons. The van der Waals surface area contributed by atoms with Crippen LogP contribution in [0.1, 0.15) is 78.6 Å². The van der Waals surface area contributed by atoms with Crippen molar-refractivity contribution in [2.45, 2.75) is 78.6 Å². The van der Waals surface area contributed by atoms with E-state index >= 15 is 0 Å². The zero-order valence-corrected chi connectivity index (χ0v) is 15.5. The molecule has 0 aliphatic heterocycles. The van der Waals surface area contributed by atoms with Crippen molar-refractivity contribution < 1.29 is 4.79 Å². The molecular formula is C22H36O. The molecule has 0 amide bonds. The van der Waals surface area contributed by atoms with Gasteiger partial charge >= 0.3 is 0 Å². The average Bonchev–Trinajstić information content (AvgIpc) is 2.52. The van der Waals surface area contributed by atoms with Crippen molar-refractivity contribution in [3.8, 4) is 0 Å². The van der Waals surface area contributed by atoms with E-state index in [0.29, 0.717) is 12.3 Å². The minimum Gasteiger partial charge on any atom is -0.300 e. The predicted octanol–water partition coefficient (Wildman–Crippen LogP) is 6.97. The summed E-state index contributed by atoms with van der Waals surface area (Å²) in [4.78, 5) is 10.8. The Morgan fingerprint density at radius 2 is 1.65 bits per heavy atom. The molecule has 0 aromatic heterocycles. The lowest BCUT2D eigenvalue weighted by molar-refractivity contribution is -0.117. The molecule has 0 unspecified atom stereocenters. The van der Waals surface area contributed by atoms with Gasteiger partial charge in [0.25, 0.3) is 0 Å². The molecule has 0 aromatic carbocycles. The average molecular weight is 317 g/mol. The van der Waals surface area contributed by atoms with Crippen molar-refractivity contribution in [3.05, 3.63) is 48.6 Å². The maximum absolute atomic E-state index is 10.8. The van der Waals surface area contributed by atoms with E-state index in [-0.39, 0.29) is 5.78 Å². The molecule has 0 aliphatic carbocycles. The number of carbonyl (C=O) groups excluding carboxylic acids is 1. The van der Waals surface area contributed by atoms with Crippen molar-refractivity contribution in [1.82, 2.24) is 0 Å². The third kappa shape index (κ3) is 18.6. The molecule has 0 fully saturated rings. The van der Waals surface area contributed by atoms with Crippen molar-refractivity contribution in [3.63, 3.8) is 0 Å². The summed E-state index contributed by atoms with van der Waals surface area (Å²) in [7, 11) is 0. The Hall–Kier alpha value is -1.37. The molecule has 1 heteroatoms. The fourth-order valence-corrected chi connectivity index (χ4v) is 2.19. The number of unbranched alkanes of at least 4 members (excludes halogenated alkanes) is 4. The van der Waals surface area contributed by atoms with Crippen LogP contribution in [0, 0.1) is 5.92 Å². The van der Waals surface area contributed by atoms with Gasteiger partial charge < -0.3 is 4.79 Å². The van der Waals surface area contributed by atoms with Crippen LogP contribution in [0.5, 0.6) is 0 Å². The molecule has 0 aromatic rings. The molecule has 0 aliphatic rings. The summed E-state index contributed by atoms with van der Waals surface area (Å²) in [5.74, 6) is 0.887. The summed E-state index contributed by atoms with van der Waals surface area (Å²) in [6.07, 6.45) is 27.7. The van der Waals surface area contributed by atoms with E-state index in [1.54, 1.807) is 6.92 Å². The lowest BCUT2D eigenvalue weighted by atomic mass is 10.1. The van der Waals surface area contributed by atoms with Gasteiger partial charge in [-0.05, 0) is 51.4 Å². The van der Waals surface area contributed by atoms with Crippen LogP contribution in [-0.2, 0) is 4.79 Å². The largest absolute Gasteiger partial charge is 0.300 e. The fraction of sp³-hybridized carbons (Fsp3) is 0.591. The van der Waals surface area contributed by atoms with Crippen LogP contribution in [-0.4, -0.2) is 5.78 Å². The van der Waals surface area contributed by atoms with Crippen molar-refractivity contribution in [2.24, 2.45) is 5.92 Å². The lowest BCUT2D eigenvalue weighted by Gasteiger charge is -1.99. The van der Waals surface area contributed by atoms with Gasteiger partial charge in [0.15, 0.2) is 0 Å². The summed E-state index contributed by atoms with van der Waals surface area (Å²) in [6, 6.07) is 0. The Morgan fingerprint density at radius 1 is 0.913 bits per heavy atom. The van der Waals surface area contributed by atoms with Gasteiger partial charge in [-0.25, -0.2) is 0 Å². The van der Waals surface area contributed by atoms with Crippen LogP contribution < -0.4 is 0 Å². The van der Waals surface area contributed by atoms with Crippen molar-refractivity contribution in [1.29, 1.82) is 0 Å². The van der Waals surface area contributed by atoms with Crippen molar-refractivity contribution in [2.75, 3.05) is 0 Å². The second kappa shape index (κ2) is 17.0. The molecular weight excluding hydrogens is 280 g/mol. The molecule has 1 nitrogen and oxygen atoms in total. The van der Waals surface area contributed by atoms with E-state index in [4.69, 9.17) is 0 Å². The number of Topliss-reactive ketones (excluding diaryl/α,β-unsaturated/α-hetero) is 1. The highest BCUT2D eigenvalue weighted by Crippen LogP contribution is 2.07. The van der Waals surface area contributed by atoms with Gasteiger partial charge in [0.1, 0.15) is 5.78 Å². The Labute approximate surface area is 144 Å². The maximum atomic E-state index is 10.8. The quantitative estimate of drug-likeness (QED) is 0.192.